The lowest BCUT2D eigenvalue weighted by atomic mass is 10.1. The summed E-state index contributed by atoms with van der Waals surface area (Å²) >= 11 is 1.38. The van der Waals surface area contributed by atoms with Crippen molar-refractivity contribution in [3.05, 3.63) is 21.1 Å². The van der Waals surface area contributed by atoms with Crippen LogP contribution in [0.1, 0.15) is 11.3 Å². The van der Waals surface area contributed by atoms with Crippen molar-refractivity contribution in [2.24, 2.45) is 0 Å². The molecule has 2 rings (SSSR count). The summed E-state index contributed by atoms with van der Waals surface area (Å²) in [6.45, 7) is 2.54. The highest BCUT2D eigenvalue weighted by Gasteiger charge is 2.31. The predicted octanol–water partition coefficient (Wildman–Crippen LogP) is 2.07. The van der Waals surface area contributed by atoms with Crippen molar-refractivity contribution in [3.8, 4) is 6.07 Å². The molecule has 1 atom stereocenters. The molecule has 0 N–H and O–H groups in total. The summed E-state index contributed by atoms with van der Waals surface area (Å²) < 4.78 is 0. The van der Waals surface area contributed by atoms with Gasteiger partial charge in [-0.05, 0) is 13.3 Å². The van der Waals surface area contributed by atoms with Gasteiger partial charge in [0, 0.05) is 6.54 Å². The van der Waals surface area contributed by atoms with E-state index in [9.17, 15) is 10.1 Å². The van der Waals surface area contributed by atoms with Gasteiger partial charge in [-0.3, -0.25) is 10.1 Å². The second-order valence-electron chi connectivity index (χ2n) is 3.41. The minimum absolute atomic E-state index is 0.109. The van der Waals surface area contributed by atoms with E-state index in [4.69, 9.17) is 5.26 Å². The summed E-state index contributed by atoms with van der Waals surface area (Å²) in [6, 6.07) is 3.62. The van der Waals surface area contributed by atoms with Crippen molar-refractivity contribution in [1.82, 2.24) is 0 Å². The van der Waals surface area contributed by atoms with Gasteiger partial charge in [0.2, 0.25) is 0 Å². The van der Waals surface area contributed by atoms with Gasteiger partial charge in [-0.15, -0.1) is 11.3 Å². The van der Waals surface area contributed by atoms with E-state index in [-0.39, 0.29) is 16.7 Å². The minimum atomic E-state index is -0.378. The molecule has 0 saturated carbocycles. The van der Waals surface area contributed by atoms with Crippen LogP contribution in [0, 0.1) is 28.4 Å². The second-order valence-corrected chi connectivity index (χ2v) is 4.64. The van der Waals surface area contributed by atoms with Crippen LogP contribution in [-0.4, -0.2) is 17.5 Å². The topological polar surface area (TPSA) is 70.2 Å². The van der Waals surface area contributed by atoms with Gasteiger partial charge in [-0.1, -0.05) is 0 Å². The van der Waals surface area contributed by atoms with Crippen LogP contribution < -0.4 is 4.90 Å². The predicted molar refractivity (Wildman–Crippen MR) is 57.1 cm³/mol. The molecule has 1 aliphatic rings. The van der Waals surface area contributed by atoms with Gasteiger partial charge in [0.25, 0.3) is 5.69 Å². The SMILES string of the molecule is Cc1sc(N2CC[C@H]2C#N)cc1[N+](=O)[O-]. The van der Waals surface area contributed by atoms with Crippen LogP contribution in [0.15, 0.2) is 6.07 Å². The van der Waals surface area contributed by atoms with E-state index in [1.807, 2.05) is 4.90 Å². The Morgan fingerprint density at radius 2 is 2.53 bits per heavy atom. The summed E-state index contributed by atoms with van der Waals surface area (Å²) in [6.07, 6.45) is 0.848. The van der Waals surface area contributed by atoms with Gasteiger partial charge in [0.05, 0.1) is 26.9 Å². The van der Waals surface area contributed by atoms with Gasteiger partial charge >= 0.3 is 0 Å². The van der Waals surface area contributed by atoms with E-state index in [2.05, 4.69) is 6.07 Å². The highest BCUT2D eigenvalue weighted by Crippen LogP contribution is 2.38. The van der Waals surface area contributed by atoms with Crippen LogP contribution in [-0.2, 0) is 0 Å². The highest BCUT2D eigenvalue weighted by atomic mass is 32.1. The number of thiophene rings is 1. The number of nitrogens with zero attached hydrogens (tertiary/aromatic N) is 3. The van der Waals surface area contributed by atoms with Crippen molar-refractivity contribution >= 4 is 22.0 Å². The maximum atomic E-state index is 10.6. The summed E-state index contributed by atoms with van der Waals surface area (Å²) in [5, 5.41) is 20.3. The first kappa shape index (κ1) is 9.93. The van der Waals surface area contributed by atoms with Gasteiger partial charge in [0.15, 0.2) is 0 Å². The van der Waals surface area contributed by atoms with Gasteiger partial charge in [-0.25, -0.2) is 0 Å². The second kappa shape index (κ2) is 3.51. The molecule has 78 valence electrons. The van der Waals surface area contributed by atoms with E-state index in [0.29, 0.717) is 4.88 Å². The van der Waals surface area contributed by atoms with Crippen LogP contribution in [0.4, 0.5) is 10.7 Å². The minimum Gasteiger partial charge on any atom is -0.347 e. The first-order chi connectivity index (χ1) is 7.13. The largest absolute Gasteiger partial charge is 0.347 e. The zero-order valence-electron chi connectivity index (χ0n) is 8.14. The van der Waals surface area contributed by atoms with Crippen molar-refractivity contribution in [1.29, 1.82) is 5.26 Å². The summed E-state index contributed by atoms with van der Waals surface area (Å²) in [7, 11) is 0. The van der Waals surface area contributed by atoms with Crippen LogP contribution in [0.2, 0.25) is 0 Å². The van der Waals surface area contributed by atoms with Gasteiger partial charge < -0.3 is 4.90 Å². The summed E-state index contributed by atoms with van der Waals surface area (Å²) in [5.74, 6) is 0. The molecule has 0 unspecified atom stereocenters. The molecule has 1 aliphatic heterocycles. The number of aryl methyl sites for hydroxylation is 1. The maximum Gasteiger partial charge on any atom is 0.285 e. The van der Waals surface area contributed by atoms with Crippen molar-refractivity contribution in [2.45, 2.75) is 19.4 Å². The zero-order chi connectivity index (χ0) is 11.0. The number of nitriles is 1. The van der Waals surface area contributed by atoms with Crippen LogP contribution >= 0.6 is 11.3 Å². The van der Waals surface area contributed by atoms with Gasteiger partial charge in [0.1, 0.15) is 6.04 Å². The molecular weight excluding hydrogens is 214 g/mol. The lowest BCUT2D eigenvalue weighted by molar-refractivity contribution is -0.385. The van der Waals surface area contributed by atoms with E-state index in [1.54, 1.807) is 13.0 Å². The smallest absolute Gasteiger partial charge is 0.285 e. The molecular formula is C9H9N3O2S. The molecule has 2 heterocycles. The summed E-state index contributed by atoms with van der Waals surface area (Å²) in [4.78, 5) is 12.9. The third-order valence-electron chi connectivity index (χ3n) is 2.53. The Morgan fingerprint density at radius 3 is 2.93 bits per heavy atom. The number of hydrogen-bond donors (Lipinski definition) is 0. The Kier molecular flexibility index (Phi) is 2.32. The number of anilines is 1. The third-order valence-corrected chi connectivity index (χ3v) is 3.60. The molecule has 6 heteroatoms. The first-order valence-electron chi connectivity index (χ1n) is 4.54. The van der Waals surface area contributed by atoms with Crippen LogP contribution in [0.3, 0.4) is 0 Å². The Bertz CT molecular complexity index is 449. The van der Waals surface area contributed by atoms with E-state index in [1.165, 1.54) is 11.3 Å². The van der Waals surface area contributed by atoms with Crippen LogP contribution in [0.5, 0.6) is 0 Å². The van der Waals surface area contributed by atoms with Crippen molar-refractivity contribution in [2.75, 3.05) is 11.4 Å². The maximum absolute atomic E-state index is 10.6. The Labute approximate surface area is 90.7 Å². The molecule has 0 radical (unpaired) electrons. The van der Waals surface area contributed by atoms with E-state index >= 15 is 0 Å². The fraction of sp³-hybridized carbons (Fsp3) is 0.444. The quantitative estimate of drug-likeness (QED) is 0.568. The van der Waals surface area contributed by atoms with Crippen molar-refractivity contribution < 1.29 is 4.92 Å². The molecule has 15 heavy (non-hydrogen) atoms. The molecule has 5 nitrogen and oxygen atoms in total. The molecule has 0 aromatic carbocycles. The number of rotatable bonds is 2. The average Bonchev–Trinajstić information content (AvgIpc) is 2.46. The molecule has 0 amide bonds. The molecule has 1 fully saturated rings. The molecule has 1 aromatic rings. The average molecular weight is 223 g/mol. The highest BCUT2D eigenvalue weighted by molar-refractivity contribution is 7.16. The number of nitro groups is 1. The Morgan fingerprint density at radius 1 is 1.80 bits per heavy atom. The van der Waals surface area contributed by atoms with Gasteiger partial charge in [-0.2, -0.15) is 5.26 Å². The Hall–Kier alpha value is -1.61. The number of hydrogen-bond acceptors (Lipinski definition) is 5. The fourth-order valence-electron chi connectivity index (χ4n) is 1.57. The first-order valence-corrected chi connectivity index (χ1v) is 5.36. The standard InChI is InChI=1S/C9H9N3O2S/c1-6-8(12(13)14)4-9(15-6)11-3-2-7(11)5-10/h4,7H,2-3H2,1H3/t7-/m0/s1. The Balaban J connectivity index is 2.27. The molecule has 1 aromatic heterocycles. The summed E-state index contributed by atoms with van der Waals surface area (Å²) in [5.41, 5.74) is 0.151. The third kappa shape index (κ3) is 1.55. The van der Waals surface area contributed by atoms with E-state index in [0.717, 1.165) is 18.0 Å². The molecule has 0 aliphatic carbocycles. The van der Waals surface area contributed by atoms with Crippen molar-refractivity contribution in [3.63, 3.8) is 0 Å². The molecule has 1 saturated heterocycles. The normalized spacial score (nSPS) is 19.5. The molecule has 0 bridgehead atoms. The van der Waals surface area contributed by atoms with E-state index < -0.39 is 0 Å². The lowest BCUT2D eigenvalue weighted by Crippen LogP contribution is -2.46. The monoisotopic (exact) mass is 223 g/mol. The van der Waals surface area contributed by atoms with Crippen LogP contribution in [0.25, 0.3) is 0 Å². The fourth-order valence-corrected chi connectivity index (χ4v) is 2.62. The lowest BCUT2D eigenvalue weighted by Gasteiger charge is -2.36. The molecule has 0 spiro atoms. The zero-order valence-corrected chi connectivity index (χ0v) is 8.95.